The molecular formula is C8H12F3NO4. The van der Waals surface area contributed by atoms with E-state index in [-0.39, 0.29) is 19.8 Å². The zero-order chi connectivity index (χ0) is 12.6. The number of amides is 1. The number of ether oxygens (including phenoxy) is 2. The Hall–Kier alpha value is -1.31. The summed E-state index contributed by atoms with van der Waals surface area (Å²) in [5, 5.41) is 2.05. The quantitative estimate of drug-likeness (QED) is 0.427. The van der Waals surface area contributed by atoms with Gasteiger partial charge in [0.25, 0.3) is 0 Å². The summed E-state index contributed by atoms with van der Waals surface area (Å²) in [6.07, 6.45) is -4.40. The van der Waals surface area contributed by atoms with Crippen LogP contribution in [0.2, 0.25) is 0 Å². The first-order chi connectivity index (χ1) is 7.37. The van der Waals surface area contributed by atoms with Crippen molar-refractivity contribution in [2.45, 2.75) is 13.1 Å². The molecule has 0 saturated heterocycles. The van der Waals surface area contributed by atoms with E-state index >= 15 is 0 Å². The van der Waals surface area contributed by atoms with E-state index in [4.69, 9.17) is 0 Å². The van der Waals surface area contributed by atoms with E-state index in [1.165, 1.54) is 6.92 Å². The van der Waals surface area contributed by atoms with Crippen LogP contribution in [0.3, 0.4) is 0 Å². The van der Waals surface area contributed by atoms with Crippen molar-refractivity contribution in [2.75, 3.05) is 26.4 Å². The van der Waals surface area contributed by atoms with Crippen LogP contribution in [0.1, 0.15) is 6.92 Å². The van der Waals surface area contributed by atoms with Gasteiger partial charge in [0.1, 0.15) is 6.61 Å². The number of rotatable bonds is 5. The third-order valence-electron chi connectivity index (χ3n) is 1.26. The lowest BCUT2D eigenvalue weighted by atomic mass is 10.5. The summed E-state index contributed by atoms with van der Waals surface area (Å²) in [6.45, 7) is -0.324. The van der Waals surface area contributed by atoms with Gasteiger partial charge in [-0.05, 0) is 6.92 Å². The van der Waals surface area contributed by atoms with Gasteiger partial charge in [-0.15, -0.1) is 0 Å². The van der Waals surface area contributed by atoms with Gasteiger partial charge in [-0.1, -0.05) is 0 Å². The van der Waals surface area contributed by atoms with Gasteiger partial charge in [-0.25, -0.2) is 4.79 Å². The summed E-state index contributed by atoms with van der Waals surface area (Å²) >= 11 is 0. The normalized spacial score (nSPS) is 11.0. The van der Waals surface area contributed by atoms with E-state index in [0.29, 0.717) is 0 Å². The number of alkyl halides is 3. The highest BCUT2D eigenvalue weighted by Gasteiger charge is 2.27. The van der Waals surface area contributed by atoms with E-state index < -0.39 is 24.7 Å². The number of hydrogen-bond donors (Lipinski definition) is 1. The molecule has 0 aromatic rings. The Bertz CT molecular complexity index is 242. The molecule has 0 aromatic carbocycles. The van der Waals surface area contributed by atoms with Crippen LogP contribution < -0.4 is 5.32 Å². The second-order valence-corrected chi connectivity index (χ2v) is 2.64. The second kappa shape index (κ2) is 7.04. The van der Waals surface area contributed by atoms with E-state index in [1.54, 1.807) is 0 Å². The van der Waals surface area contributed by atoms with Crippen molar-refractivity contribution in [3.63, 3.8) is 0 Å². The first-order valence-electron chi connectivity index (χ1n) is 4.46. The fourth-order valence-electron chi connectivity index (χ4n) is 0.693. The Morgan fingerprint density at radius 2 is 1.94 bits per heavy atom. The molecule has 1 amide bonds. The van der Waals surface area contributed by atoms with E-state index in [2.05, 4.69) is 9.47 Å². The van der Waals surface area contributed by atoms with E-state index in [0.717, 1.165) is 0 Å². The average molecular weight is 243 g/mol. The monoisotopic (exact) mass is 243 g/mol. The standard InChI is InChI=1S/C8H12F3NO4/c1-2-16-7(14)6(13)12-3-4-15-5-8(9,10)11/h2-5H2,1H3,(H,12,13). The van der Waals surface area contributed by atoms with Crippen LogP contribution in [0, 0.1) is 0 Å². The Morgan fingerprint density at radius 3 is 2.44 bits per heavy atom. The Kier molecular flexibility index (Phi) is 6.47. The van der Waals surface area contributed by atoms with Crippen molar-refractivity contribution in [1.29, 1.82) is 0 Å². The highest BCUT2D eigenvalue weighted by atomic mass is 19.4. The highest BCUT2D eigenvalue weighted by molar-refractivity contribution is 6.32. The van der Waals surface area contributed by atoms with Crippen molar-refractivity contribution in [1.82, 2.24) is 5.32 Å². The molecule has 16 heavy (non-hydrogen) atoms. The summed E-state index contributed by atoms with van der Waals surface area (Å²) < 4.78 is 43.3. The molecule has 5 nitrogen and oxygen atoms in total. The molecule has 0 saturated carbocycles. The Labute approximate surface area is 89.9 Å². The summed E-state index contributed by atoms with van der Waals surface area (Å²) in [5.41, 5.74) is 0. The number of nitrogens with one attached hydrogen (secondary N) is 1. The lowest BCUT2D eigenvalue weighted by Crippen LogP contribution is -2.35. The van der Waals surface area contributed by atoms with Crippen LogP contribution in [0.4, 0.5) is 13.2 Å². The number of halogens is 3. The minimum absolute atomic E-state index is 0.0524. The van der Waals surface area contributed by atoms with Gasteiger partial charge in [0.05, 0.1) is 13.2 Å². The number of hydrogen-bond acceptors (Lipinski definition) is 4. The second-order valence-electron chi connectivity index (χ2n) is 2.64. The molecule has 0 unspecified atom stereocenters. The van der Waals surface area contributed by atoms with Gasteiger partial charge >= 0.3 is 18.1 Å². The topological polar surface area (TPSA) is 64.6 Å². The summed E-state index contributed by atoms with van der Waals surface area (Å²) in [4.78, 5) is 21.5. The van der Waals surface area contributed by atoms with E-state index in [9.17, 15) is 22.8 Å². The van der Waals surface area contributed by atoms with Gasteiger partial charge in [-0.2, -0.15) is 13.2 Å². The molecule has 0 aromatic heterocycles. The van der Waals surface area contributed by atoms with Gasteiger partial charge < -0.3 is 14.8 Å². The minimum Gasteiger partial charge on any atom is -0.459 e. The first kappa shape index (κ1) is 14.7. The highest BCUT2D eigenvalue weighted by Crippen LogP contribution is 2.13. The lowest BCUT2D eigenvalue weighted by molar-refractivity contribution is -0.173. The molecule has 94 valence electrons. The van der Waals surface area contributed by atoms with Crippen molar-refractivity contribution >= 4 is 11.9 Å². The smallest absolute Gasteiger partial charge is 0.411 e. The molecule has 0 spiro atoms. The molecule has 0 fully saturated rings. The molecule has 0 aliphatic heterocycles. The SMILES string of the molecule is CCOC(=O)C(=O)NCCOCC(F)(F)F. The summed E-state index contributed by atoms with van der Waals surface area (Å²) in [5.74, 6) is -2.07. The third kappa shape index (κ3) is 8.04. The fraction of sp³-hybridized carbons (Fsp3) is 0.750. The largest absolute Gasteiger partial charge is 0.459 e. The molecule has 0 bridgehead atoms. The van der Waals surface area contributed by atoms with Crippen LogP contribution in [0.15, 0.2) is 0 Å². The van der Waals surface area contributed by atoms with Gasteiger partial charge in [0.2, 0.25) is 0 Å². The molecule has 8 heteroatoms. The molecule has 0 rings (SSSR count). The molecule has 0 radical (unpaired) electrons. The molecule has 0 aliphatic carbocycles. The Balaban J connectivity index is 3.52. The number of carbonyl (C=O) groups is 2. The van der Waals surface area contributed by atoms with Crippen LogP contribution >= 0.6 is 0 Å². The predicted octanol–water partition coefficient (Wildman–Crippen LogP) is 0.245. The number of esters is 1. The number of carbonyl (C=O) groups excluding carboxylic acids is 2. The predicted molar refractivity (Wildman–Crippen MR) is 46.5 cm³/mol. The molecule has 0 heterocycles. The van der Waals surface area contributed by atoms with Crippen molar-refractivity contribution in [2.24, 2.45) is 0 Å². The fourth-order valence-corrected chi connectivity index (χ4v) is 0.693. The summed E-state index contributed by atoms with van der Waals surface area (Å²) in [6, 6.07) is 0. The van der Waals surface area contributed by atoms with Gasteiger partial charge in [-0.3, -0.25) is 4.79 Å². The van der Waals surface area contributed by atoms with Gasteiger partial charge in [0, 0.05) is 6.54 Å². The average Bonchev–Trinajstić information content (AvgIpc) is 2.15. The molecular weight excluding hydrogens is 231 g/mol. The van der Waals surface area contributed by atoms with Crippen LogP contribution in [0.5, 0.6) is 0 Å². The summed E-state index contributed by atoms with van der Waals surface area (Å²) in [7, 11) is 0. The van der Waals surface area contributed by atoms with Gasteiger partial charge in [0.15, 0.2) is 0 Å². The first-order valence-corrected chi connectivity index (χ1v) is 4.46. The lowest BCUT2D eigenvalue weighted by Gasteiger charge is -2.08. The molecule has 0 aliphatic rings. The van der Waals surface area contributed by atoms with Crippen molar-refractivity contribution in [3.05, 3.63) is 0 Å². The molecule has 0 atom stereocenters. The van der Waals surface area contributed by atoms with Crippen molar-refractivity contribution < 1.29 is 32.2 Å². The zero-order valence-electron chi connectivity index (χ0n) is 8.60. The Morgan fingerprint density at radius 1 is 1.31 bits per heavy atom. The van der Waals surface area contributed by atoms with E-state index in [1.807, 2.05) is 5.32 Å². The maximum atomic E-state index is 11.6. The molecule has 1 N–H and O–H groups in total. The third-order valence-corrected chi connectivity index (χ3v) is 1.26. The maximum Gasteiger partial charge on any atom is 0.411 e. The van der Waals surface area contributed by atoms with Crippen LogP contribution in [-0.4, -0.2) is 44.4 Å². The van der Waals surface area contributed by atoms with Crippen LogP contribution in [0.25, 0.3) is 0 Å². The maximum absolute atomic E-state index is 11.6. The van der Waals surface area contributed by atoms with Crippen LogP contribution in [-0.2, 0) is 19.1 Å². The zero-order valence-corrected chi connectivity index (χ0v) is 8.60. The van der Waals surface area contributed by atoms with Crippen molar-refractivity contribution in [3.8, 4) is 0 Å². The minimum atomic E-state index is -4.40.